The number of fused-ring (bicyclic) bond motifs is 2. The van der Waals surface area contributed by atoms with Crippen LogP contribution >= 0.6 is 0 Å². The van der Waals surface area contributed by atoms with E-state index in [1.54, 1.807) is 0 Å². The first-order valence-corrected chi connectivity index (χ1v) is 7.69. The number of hydrogen-bond acceptors (Lipinski definition) is 5. The lowest BCUT2D eigenvalue weighted by molar-refractivity contribution is 0.125. The molecule has 0 amide bonds. The highest BCUT2D eigenvalue weighted by molar-refractivity contribution is 6.00. The van der Waals surface area contributed by atoms with Gasteiger partial charge in [0.25, 0.3) is 0 Å². The third-order valence-corrected chi connectivity index (χ3v) is 4.45. The van der Waals surface area contributed by atoms with Crippen LogP contribution in [0.2, 0.25) is 0 Å². The van der Waals surface area contributed by atoms with E-state index in [0.717, 1.165) is 38.8 Å². The molecule has 0 fully saturated rings. The summed E-state index contributed by atoms with van der Waals surface area (Å²) in [6, 6.07) is 2.04. The molecule has 0 unspecified atom stereocenters. The zero-order valence-electron chi connectivity index (χ0n) is 13.9. The Kier molecular flexibility index (Phi) is 4.00. The maximum absolute atomic E-state index is 12.3. The summed E-state index contributed by atoms with van der Waals surface area (Å²) in [5.74, 6) is 0.880. The van der Waals surface area contributed by atoms with Gasteiger partial charge in [0.15, 0.2) is 0 Å². The molecule has 0 aliphatic carbocycles. The van der Waals surface area contributed by atoms with Crippen molar-refractivity contribution in [3.63, 3.8) is 0 Å². The minimum absolute atomic E-state index is 0.210. The van der Waals surface area contributed by atoms with Crippen molar-refractivity contribution in [3.05, 3.63) is 44.5 Å². The van der Waals surface area contributed by atoms with Crippen molar-refractivity contribution in [1.82, 2.24) is 0 Å². The highest BCUT2D eigenvalue weighted by atomic mass is 16.5. The van der Waals surface area contributed by atoms with Crippen LogP contribution in [0.3, 0.4) is 0 Å². The van der Waals surface area contributed by atoms with Crippen LogP contribution in [0.15, 0.2) is 19.7 Å². The van der Waals surface area contributed by atoms with E-state index < -0.39 is 0 Å². The molecule has 0 bridgehead atoms. The lowest BCUT2D eigenvalue weighted by atomic mass is 10.0. The number of ether oxygens (including phenoxy) is 1. The van der Waals surface area contributed by atoms with Crippen molar-refractivity contribution in [3.8, 4) is 0 Å². The predicted molar refractivity (Wildman–Crippen MR) is 89.9 cm³/mol. The van der Waals surface area contributed by atoms with Crippen LogP contribution < -0.4 is 11.4 Å². The number of furan rings is 1. The van der Waals surface area contributed by atoms with E-state index >= 15 is 0 Å². The maximum atomic E-state index is 12.3. The molecule has 0 aliphatic rings. The molecule has 2 heterocycles. The standard InChI is InChI=1S/C18H21NO4/c1-9-12(4)22-16-11(3)17-14(7-13(9)16)10(2)15(18(20)23-17)8-21-6-5-19/h7H,5-6,8,19H2,1-4H3. The van der Waals surface area contributed by atoms with Crippen molar-refractivity contribution >= 4 is 21.9 Å². The minimum atomic E-state index is -0.366. The van der Waals surface area contributed by atoms with Gasteiger partial charge in [-0.05, 0) is 44.9 Å². The average molecular weight is 315 g/mol. The Hall–Kier alpha value is -2.11. The highest BCUT2D eigenvalue weighted by Crippen LogP contribution is 2.34. The molecule has 2 N–H and O–H groups in total. The van der Waals surface area contributed by atoms with Gasteiger partial charge in [-0.15, -0.1) is 0 Å². The normalized spacial score (nSPS) is 11.7. The molecule has 0 radical (unpaired) electrons. The fourth-order valence-electron chi connectivity index (χ4n) is 2.92. The summed E-state index contributed by atoms with van der Waals surface area (Å²) < 4.78 is 16.8. The quantitative estimate of drug-likeness (QED) is 0.590. The van der Waals surface area contributed by atoms with Crippen LogP contribution in [0.5, 0.6) is 0 Å². The number of rotatable bonds is 4. The number of nitrogens with two attached hydrogens (primary N) is 1. The van der Waals surface area contributed by atoms with Crippen LogP contribution in [0.1, 0.15) is 28.0 Å². The SMILES string of the molecule is Cc1oc2c(C)c3oc(=O)c(COCCN)c(C)c3cc2c1C. The molecular weight excluding hydrogens is 294 g/mol. The van der Waals surface area contributed by atoms with Crippen LogP contribution in [0.4, 0.5) is 0 Å². The predicted octanol–water partition coefficient (Wildman–Crippen LogP) is 3.25. The zero-order valence-corrected chi connectivity index (χ0v) is 13.9. The zero-order chi connectivity index (χ0) is 16.7. The number of aryl methyl sites for hydroxylation is 4. The molecule has 23 heavy (non-hydrogen) atoms. The van der Waals surface area contributed by atoms with E-state index in [9.17, 15) is 4.79 Å². The third-order valence-electron chi connectivity index (χ3n) is 4.45. The molecule has 3 aromatic rings. The second kappa shape index (κ2) is 5.83. The number of hydrogen-bond donors (Lipinski definition) is 1. The molecule has 2 aromatic heterocycles. The third kappa shape index (κ3) is 2.46. The van der Waals surface area contributed by atoms with Crippen molar-refractivity contribution in [1.29, 1.82) is 0 Å². The van der Waals surface area contributed by atoms with Crippen molar-refractivity contribution in [2.75, 3.05) is 13.2 Å². The Morgan fingerprint density at radius 3 is 2.35 bits per heavy atom. The topological polar surface area (TPSA) is 78.6 Å². The summed E-state index contributed by atoms with van der Waals surface area (Å²) in [5, 5.41) is 1.98. The van der Waals surface area contributed by atoms with Gasteiger partial charge in [-0.3, -0.25) is 0 Å². The van der Waals surface area contributed by atoms with Crippen LogP contribution in [-0.4, -0.2) is 13.2 Å². The van der Waals surface area contributed by atoms with Gasteiger partial charge in [0.05, 0.1) is 18.8 Å². The summed E-state index contributed by atoms with van der Waals surface area (Å²) in [4.78, 5) is 12.3. The van der Waals surface area contributed by atoms with Gasteiger partial charge < -0.3 is 19.3 Å². The first-order valence-electron chi connectivity index (χ1n) is 7.69. The summed E-state index contributed by atoms with van der Waals surface area (Å²) in [5.41, 5.74) is 9.80. The van der Waals surface area contributed by atoms with E-state index in [2.05, 4.69) is 0 Å². The van der Waals surface area contributed by atoms with Crippen LogP contribution in [0.25, 0.3) is 21.9 Å². The second-order valence-corrected chi connectivity index (χ2v) is 5.87. The molecule has 5 heteroatoms. The minimum Gasteiger partial charge on any atom is -0.461 e. The molecule has 122 valence electrons. The molecule has 0 spiro atoms. The lowest BCUT2D eigenvalue weighted by Crippen LogP contribution is -2.15. The van der Waals surface area contributed by atoms with E-state index in [-0.39, 0.29) is 12.2 Å². The Morgan fingerprint density at radius 1 is 1.00 bits per heavy atom. The molecule has 5 nitrogen and oxygen atoms in total. The van der Waals surface area contributed by atoms with Crippen LogP contribution in [-0.2, 0) is 11.3 Å². The van der Waals surface area contributed by atoms with Gasteiger partial charge in [-0.2, -0.15) is 0 Å². The fourth-order valence-corrected chi connectivity index (χ4v) is 2.92. The smallest absolute Gasteiger partial charge is 0.342 e. The number of benzene rings is 1. The van der Waals surface area contributed by atoms with Gasteiger partial charge in [0, 0.05) is 22.9 Å². The van der Waals surface area contributed by atoms with E-state index in [1.165, 1.54) is 0 Å². The summed E-state index contributed by atoms with van der Waals surface area (Å²) in [7, 11) is 0. The lowest BCUT2D eigenvalue weighted by Gasteiger charge is -2.10. The largest absolute Gasteiger partial charge is 0.461 e. The second-order valence-electron chi connectivity index (χ2n) is 5.87. The Labute approximate surface area is 134 Å². The summed E-state index contributed by atoms with van der Waals surface area (Å²) in [6.45, 7) is 8.86. The van der Waals surface area contributed by atoms with E-state index in [0.29, 0.717) is 24.3 Å². The van der Waals surface area contributed by atoms with Crippen molar-refractivity contribution < 1.29 is 13.6 Å². The molecule has 0 atom stereocenters. The first kappa shape index (κ1) is 15.8. The van der Waals surface area contributed by atoms with E-state index in [4.69, 9.17) is 19.3 Å². The highest BCUT2D eigenvalue weighted by Gasteiger charge is 2.18. The van der Waals surface area contributed by atoms with Crippen molar-refractivity contribution in [2.45, 2.75) is 34.3 Å². The Morgan fingerprint density at radius 2 is 1.65 bits per heavy atom. The van der Waals surface area contributed by atoms with Gasteiger partial charge in [-0.25, -0.2) is 4.79 Å². The Balaban J connectivity index is 2.29. The Bertz CT molecular complexity index is 949. The first-order chi connectivity index (χ1) is 11.0. The summed E-state index contributed by atoms with van der Waals surface area (Å²) >= 11 is 0. The van der Waals surface area contributed by atoms with Gasteiger partial charge in [-0.1, -0.05) is 0 Å². The van der Waals surface area contributed by atoms with Gasteiger partial charge >= 0.3 is 5.63 Å². The van der Waals surface area contributed by atoms with Crippen LogP contribution in [0, 0.1) is 27.7 Å². The maximum Gasteiger partial charge on any atom is 0.342 e. The van der Waals surface area contributed by atoms with Crippen molar-refractivity contribution in [2.24, 2.45) is 5.73 Å². The van der Waals surface area contributed by atoms with E-state index in [1.807, 2.05) is 33.8 Å². The fraction of sp³-hybridized carbons (Fsp3) is 0.389. The van der Waals surface area contributed by atoms with Gasteiger partial charge in [0.2, 0.25) is 0 Å². The molecule has 0 aliphatic heterocycles. The molecule has 3 rings (SSSR count). The summed E-state index contributed by atoms with van der Waals surface area (Å²) in [6.07, 6.45) is 0. The monoisotopic (exact) mass is 315 g/mol. The molecule has 0 saturated heterocycles. The molecule has 1 aromatic carbocycles. The molecular formula is C18H21NO4. The van der Waals surface area contributed by atoms with Gasteiger partial charge in [0.1, 0.15) is 16.9 Å². The average Bonchev–Trinajstić information content (AvgIpc) is 2.80. The molecule has 0 saturated carbocycles.